The Morgan fingerprint density at radius 3 is 1.94 bits per heavy atom. The zero-order chi connectivity index (χ0) is 24.4. The van der Waals surface area contributed by atoms with Crippen molar-refractivity contribution in [1.82, 2.24) is 0 Å². The maximum Gasteiger partial charge on any atom is 0.165 e. The Bertz CT molecular complexity index is 788. The van der Waals surface area contributed by atoms with E-state index in [9.17, 15) is 4.79 Å². The van der Waals surface area contributed by atoms with Crippen LogP contribution >= 0.6 is 0 Å². The third kappa shape index (κ3) is 6.62. The van der Waals surface area contributed by atoms with Crippen molar-refractivity contribution in [3.63, 3.8) is 0 Å². The van der Waals surface area contributed by atoms with E-state index in [1.807, 2.05) is 0 Å². The Labute approximate surface area is 209 Å². The lowest BCUT2D eigenvalue weighted by Crippen LogP contribution is -2.32. The van der Waals surface area contributed by atoms with Gasteiger partial charge in [0, 0.05) is 12.0 Å². The predicted molar refractivity (Wildman–Crippen MR) is 145 cm³/mol. The van der Waals surface area contributed by atoms with Crippen LogP contribution in [0, 0.1) is 16.7 Å². The van der Waals surface area contributed by atoms with Crippen LogP contribution < -0.4 is 0 Å². The molecule has 0 radical (unpaired) electrons. The third-order valence-corrected chi connectivity index (χ3v) is 9.08. The Morgan fingerprint density at radius 1 is 0.853 bits per heavy atom. The summed E-state index contributed by atoms with van der Waals surface area (Å²) in [5.41, 5.74) is 3.31. The van der Waals surface area contributed by atoms with Crippen LogP contribution in [0.3, 0.4) is 0 Å². The number of hydrogen-bond donors (Lipinski definition) is 0. The van der Waals surface area contributed by atoms with E-state index in [1.165, 1.54) is 82.6 Å². The maximum absolute atomic E-state index is 13.0. The lowest BCUT2D eigenvalue weighted by atomic mass is 9.70. The second kappa shape index (κ2) is 13.1. The number of ketones is 1. The summed E-state index contributed by atoms with van der Waals surface area (Å²) in [7, 11) is 0. The number of benzene rings is 1. The number of allylic oxidation sites excluding steroid dienone is 1. The molecule has 2 saturated carbocycles. The molecule has 0 aromatic heterocycles. The number of fused-ring (bicyclic) bond motifs is 2. The van der Waals surface area contributed by atoms with Gasteiger partial charge in [0.05, 0.1) is 6.61 Å². The summed E-state index contributed by atoms with van der Waals surface area (Å²) in [6, 6.07) is 8.59. The highest BCUT2D eigenvalue weighted by molar-refractivity contribution is 6.07. The molecule has 0 heterocycles. The van der Waals surface area contributed by atoms with Crippen molar-refractivity contribution in [2.45, 2.75) is 124 Å². The Morgan fingerprint density at radius 2 is 1.41 bits per heavy atom. The van der Waals surface area contributed by atoms with E-state index in [0.717, 1.165) is 30.6 Å². The molecule has 0 aliphatic heterocycles. The average molecular weight is 467 g/mol. The highest BCUT2D eigenvalue weighted by atomic mass is 16.5. The first kappa shape index (κ1) is 27.2. The number of carbonyl (C=O) groups excluding carboxylic acids is 1. The van der Waals surface area contributed by atoms with Crippen molar-refractivity contribution in [3.05, 3.63) is 41.0 Å². The molecule has 0 saturated heterocycles. The number of rotatable bonds is 16. The molecule has 2 aliphatic rings. The Balaban J connectivity index is 1.26. The minimum atomic E-state index is -0.175. The van der Waals surface area contributed by atoms with Gasteiger partial charge in [-0.25, -0.2) is 0 Å². The van der Waals surface area contributed by atoms with E-state index in [0.29, 0.717) is 18.3 Å². The van der Waals surface area contributed by atoms with Crippen LogP contribution in [-0.2, 0) is 16.1 Å². The largest absolute Gasteiger partial charge is 0.377 e. The van der Waals surface area contributed by atoms with E-state index >= 15 is 0 Å². The average Bonchev–Trinajstić information content (AvgIpc) is 3.14. The fourth-order valence-electron chi connectivity index (χ4n) is 6.22. The number of carbonyl (C=O) groups is 1. The first-order chi connectivity index (χ1) is 16.4. The normalized spacial score (nSPS) is 24.4. The van der Waals surface area contributed by atoms with Crippen molar-refractivity contribution in [2.24, 2.45) is 16.7 Å². The number of unbranched alkanes of at least 4 members (excludes halogenated alkanes) is 11. The number of hydrogen-bond acceptors (Lipinski definition) is 2. The lowest BCUT2D eigenvalue weighted by molar-refractivity contribution is -0.125. The summed E-state index contributed by atoms with van der Waals surface area (Å²) in [6.45, 7) is 10.5. The van der Waals surface area contributed by atoms with E-state index in [2.05, 4.69) is 58.0 Å². The van der Waals surface area contributed by atoms with Gasteiger partial charge in [-0.2, -0.15) is 0 Å². The monoisotopic (exact) mass is 466 g/mol. The molecule has 1 aromatic carbocycles. The molecule has 0 N–H and O–H groups in total. The summed E-state index contributed by atoms with van der Waals surface area (Å²) in [5, 5.41) is 0. The second-order valence-corrected chi connectivity index (χ2v) is 11.8. The fourth-order valence-corrected chi connectivity index (χ4v) is 6.22. The summed E-state index contributed by atoms with van der Waals surface area (Å²) in [4.78, 5) is 13.0. The van der Waals surface area contributed by atoms with E-state index < -0.39 is 0 Å². The summed E-state index contributed by atoms with van der Waals surface area (Å²) < 4.78 is 5.91. The van der Waals surface area contributed by atoms with Crippen LogP contribution in [0.25, 0.3) is 6.08 Å². The van der Waals surface area contributed by atoms with Gasteiger partial charge in [0.25, 0.3) is 0 Å². The molecule has 2 nitrogen and oxygen atoms in total. The van der Waals surface area contributed by atoms with Crippen molar-refractivity contribution in [3.8, 4) is 0 Å². The fraction of sp³-hybridized carbons (Fsp3) is 0.719. The first-order valence-electron chi connectivity index (χ1n) is 14.3. The zero-order valence-corrected chi connectivity index (χ0v) is 22.6. The highest BCUT2D eigenvalue weighted by Crippen LogP contribution is 2.65. The molecule has 0 amide bonds. The standard InChI is InChI=1S/C32H50O2/c1-5-6-7-8-9-10-11-12-13-14-15-16-23-34-25-27-19-17-26(18-20-27)24-28-29-21-22-32(4,30(28)33)31(29,2)3/h17-20,24,29H,5-16,21-23,25H2,1-4H3. The van der Waals surface area contributed by atoms with Crippen LogP contribution in [0.4, 0.5) is 0 Å². The van der Waals surface area contributed by atoms with Crippen LogP contribution in [-0.4, -0.2) is 12.4 Å². The van der Waals surface area contributed by atoms with Crippen LogP contribution in [0.5, 0.6) is 0 Å². The van der Waals surface area contributed by atoms with E-state index in [1.54, 1.807) is 0 Å². The van der Waals surface area contributed by atoms with Crippen molar-refractivity contribution < 1.29 is 9.53 Å². The van der Waals surface area contributed by atoms with Gasteiger partial charge in [-0.3, -0.25) is 4.79 Å². The molecule has 2 aliphatic carbocycles. The van der Waals surface area contributed by atoms with Gasteiger partial charge in [0.1, 0.15) is 0 Å². The smallest absolute Gasteiger partial charge is 0.165 e. The molecule has 2 unspecified atom stereocenters. The van der Waals surface area contributed by atoms with Gasteiger partial charge < -0.3 is 4.74 Å². The highest BCUT2D eigenvalue weighted by Gasteiger charge is 2.63. The molecule has 34 heavy (non-hydrogen) atoms. The van der Waals surface area contributed by atoms with Crippen LogP contribution in [0.2, 0.25) is 0 Å². The van der Waals surface area contributed by atoms with Crippen molar-refractivity contribution in [2.75, 3.05) is 6.61 Å². The van der Waals surface area contributed by atoms with Crippen molar-refractivity contribution in [1.29, 1.82) is 0 Å². The molecule has 2 bridgehead atoms. The van der Waals surface area contributed by atoms with Gasteiger partial charge >= 0.3 is 0 Å². The summed E-state index contributed by atoms with van der Waals surface area (Å²) >= 11 is 0. The summed E-state index contributed by atoms with van der Waals surface area (Å²) in [6.07, 6.45) is 20.8. The molecule has 0 spiro atoms. The topological polar surface area (TPSA) is 26.3 Å². The van der Waals surface area contributed by atoms with Gasteiger partial charge in [-0.05, 0) is 53.4 Å². The molecule has 2 heteroatoms. The third-order valence-electron chi connectivity index (χ3n) is 9.08. The molecule has 190 valence electrons. The number of Topliss-reactive ketones (excluding diaryl/α,β-unsaturated/α-hetero) is 1. The molecular weight excluding hydrogens is 416 g/mol. The van der Waals surface area contributed by atoms with Gasteiger partial charge in [-0.15, -0.1) is 0 Å². The van der Waals surface area contributed by atoms with E-state index in [-0.39, 0.29) is 10.8 Å². The van der Waals surface area contributed by atoms with E-state index in [4.69, 9.17) is 4.74 Å². The quantitative estimate of drug-likeness (QED) is 0.179. The van der Waals surface area contributed by atoms with Gasteiger partial charge in [0.15, 0.2) is 5.78 Å². The van der Waals surface area contributed by atoms with Gasteiger partial charge in [0.2, 0.25) is 0 Å². The zero-order valence-electron chi connectivity index (χ0n) is 22.6. The molecule has 2 atom stereocenters. The predicted octanol–water partition coefficient (Wildman–Crippen LogP) is 9.31. The SMILES string of the molecule is CCCCCCCCCCCCCCOCc1ccc(C=C2C(=O)C3(C)CCC2C3(C)C)cc1. The number of ether oxygens (including phenoxy) is 1. The molecular formula is C32H50O2. The van der Waals surface area contributed by atoms with Crippen LogP contribution in [0.1, 0.15) is 129 Å². The molecule has 3 rings (SSSR count). The van der Waals surface area contributed by atoms with Crippen LogP contribution in [0.15, 0.2) is 29.8 Å². The summed E-state index contributed by atoms with van der Waals surface area (Å²) in [5.74, 6) is 0.784. The maximum atomic E-state index is 13.0. The Kier molecular flexibility index (Phi) is 10.4. The second-order valence-electron chi connectivity index (χ2n) is 11.8. The molecule has 2 fully saturated rings. The molecule has 1 aromatic rings. The van der Waals surface area contributed by atoms with Gasteiger partial charge in [-0.1, -0.05) is 123 Å². The first-order valence-corrected chi connectivity index (χ1v) is 14.3. The Hall–Kier alpha value is -1.41. The lowest BCUT2D eigenvalue weighted by Gasteiger charge is -2.31. The minimum Gasteiger partial charge on any atom is -0.377 e. The minimum absolute atomic E-state index is 0.0809. The van der Waals surface area contributed by atoms with Crippen molar-refractivity contribution >= 4 is 11.9 Å².